The Labute approximate surface area is 115 Å². The Hall–Kier alpha value is -1.77. The molecule has 0 aromatic heterocycles. The van der Waals surface area contributed by atoms with Gasteiger partial charge in [0.25, 0.3) is 0 Å². The van der Waals surface area contributed by atoms with E-state index >= 15 is 0 Å². The second-order valence-electron chi connectivity index (χ2n) is 3.65. The molecule has 0 spiro atoms. The molecule has 0 saturated heterocycles. The molecule has 0 aliphatic heterocycles. The van der Waals surface area contributed by atoms with E-state index < -0.39 is 29.9 Å². The highest BCUT2D eigenvalue weighted by Crippen LogP contribution is 2.04. The first kappa shape index (κ1) is 17.2. The quantitative estimate of drug-likeness (QED) is 0.380. The maximum atomic E-state index is 11.7. The first-order chi connectivity index (χ1) is 8.81. The van der Waals surface area contributed by atoms with Gasteiger partial charge in [0, 0.05) is 25.6 Å². The molecule has 19 heavy (non-hydrogen) atoms. The third kappa shape index (κ3) is 6.09. The lowest BCUT2D eigenvalue weighted by Gasteiger charge is -2.24. The van der Waals surface area contributed by atoms with Crippen molar-refractivity contribution in [2.24, 2.45) is 0 Å². The molecule has 0 unspecified atom stereocenters. The normalized spacial score (nSPS) is 11.5. The van der Waals surface area contributed by atoms with Crippen LogP contribution in [-0.2, 0) is 14.4 Å². The van der Waals surface area contributed by atoms with Crippen LogP contribution in [-0.4, -0.2) is 57.3 Å². The van der Waals surface area contributed by atoms with Gasteiger partial charge in [0.15, 0.2) is 0 Å². The predicted octanol–water partition coefficient (Wildman–Crippen LogP) is -0.208. The smallest absolute Gasteiger partial charge is 0.327 e. The number of rotatable bonds is 7. The number of carbonyl (C=O) groups excluding carboxylic acids is 2. The van der Waals surface area contributed by atoms with Crippen LogP contribution >= 0.6 is 12.6 Å². The first-order valence-corrected chi connectivity index (χ1v) is 6.07. The van der Waals surface area contributed by atoms with Gasteiger partial charge in [-0.15, -0.1) is 0 Å². The molecule has 0 heterocycles. The van der Waals surface area contributed by atoms with Crippen LogP contribution in [0.3, 0.4) is 0 Å². The SMILES string of the molecule is CC(=O)N(C(=O)NCCCC(=O)O)[C@@H](CS)C(=O)O. The fraction of sp³-hybridized carbons (Fsp3) is 0.600. The van der Waals surface area contributed by atoms with Crippen molar-refractivity contribution >= 4 is 36.5 Å². The van der Waals surface area contributed by atoms with Crippen molar-refractivity contribution in [3.8, 4) is 0 Å². The summed E-state index contributed by atoms with van der Waals surface area (Å²) in [6.07, 6.45) is 0.0563. The molecule has 3 amide bonds. The lowest BCUT2D eigenvalue weighted by Crippen LogP contribution is -2.52. The summed E-state index contributed by atoms with van der Waals surface area (Å²) in [6, 6.07) is -2.24. The summed E-state index contributed by atoms with van der Waals surface area (Å²) >= 11 is 3.79. The standard InChI is InChI=1S/C10H16N2O6S/c1-6(13)12(7(5-19)9(16)17)10(18)11-4-2-3-8(14)15/h7,19H,2-5H2,1H3,(H,11,18)(H,14,15)(H,16,17)/t7-/m0/s1. The van der Waals surface area contributed by atoms with E-state index in [-0.39, 0.29) is 25.1 Å². The summed E-state index contributed by atoms with van der Waals surface area (Å²) in [6.45, 7) is 1.10. The van der Waals surface area contributed by atoms with E-state index in [9.17, 15) is 19.2 Å². The summed E-state index contributed by atoms with van der Waals surface area (Å²) in [4.78, 5) is 44.7. The molecule has 0 rings (SSSR count). The second-order valence-corrected chi connectivity index (χ2v) is 4.02. The van der Waals surface area contributed by atoms with E-state index in [0.29, 0.717) is 4.90 Å². The topological polar surface area (TPSA) is 124 Å². The van der Waals surface area contributed by atoms with Crippen LogP contribution in [0.15, 0.2) is 0 Å². The largest absolute Gasteiger partial charge is 0.481 e. The van der Waals surface area contributed by atoms with Gasteiger partial charge in [0.2, 0.25) is 5.91 Å². The van der Waals surface area contributed by atoms with Gasteiger partial charge >= 0.3 is 18.0 Å². The first-order valence-electron chi connectivity index (χ1n) is 5.44. The lowest BCUT2D eigenvalue weighted by atomic mass is 10.3. The summed E-state index contributed by atoms with van der Waals surface area (Å²) in [5, 5.41) is 19.6. The predicted molar refractivity (Wildman–Crippen MR) is 68.1 cm³/mol. The van der Waals surface area contributed by atoms with Gasteiger partial charge < -0.3 is 15.5 Å². The number of urea groups is 1. The van der Waals surface area contributed by atoms with Gasteiger partial charge in [-0.05, 0) is 6.42 Å². The van der Waals surface area contributed by atoms with Crippen molar-refractivity contribution in [1.82, 2.24) is 10.2 Å². The summed E-state index contributed by atoms with van der Waals surface area (Å²) in [5.41, 5.74) is 0. The number of imide groups is 1. The van der Waals surface area contributed by atoms with Gasteiger partial charge in [0.05, 0.1) is 0 Å². The Morgan fingerprint density at radius 1 is 1.26 bits per heavy atom. The van der Waals surface area contributed by atoms with Gasteiger partial charge in [0.1, 0.15) is 6.04 Å². The van der Waals surface area contributed by atoms with E-state index in [2.05, 4.69) is 17.9 Å². The minimum absolute atomic E-state index is 0.0355. The minimum Gasteiger partial charge on any atom is -0.481 e. The van der Waals surface area contributed by atoms with Crippen LogP contribution in [0.2, 0.25) is 0 Å². The van der Waals surface area contributed by atoms with Crippen LogP contribution < -0.4 is 5.32 Å². The Bertz CT molecular complexity index is 373. The number of carboxylic acids is 2. The average Bonchev–Trinajstić information content (AvgIpc) is 2.29. The average molecular weight is 292 g/mol. The highest BCUT2D eigenvalue weighted by atomic mass is 32.1. The monoisotopic (exact) mass is 292 g/mol. The molecule has 108 valence electrons. The maximum Gasteiger partial charge on any atom is 0.327 e. The van der Waals surface area contributed by atoms with Crippen LogP contribution in [0, 0.1) is 0 Å². The van der Waals surface area contributed by atoms with Gasteiger partial charge in [-0.3, -0.25) is 9.59 Å². The second kappa shape index (κ2) is 8.35. The molecule has 1 atom stereocenters. The third-order valence-corrected chi connectivity index (χ3v) is 2.52. The number of nitrogens with zero attached hydrogens (tertiary/aromatic N) is 1. The third-order valence-electron chi connectivity index (χ3n) is 2.17. The minimum atomic E-state index is -1.36. The van der Waals surface area contributed by atoms with E-state index in [0.717, 1.165) is 6.92 Å². The summed E-state index contributed by atoms with van der Waals surface area (Å²) in [7, 11) is 0. The van der Waals surface area contributed by atoms with E-state index in [1.807, 2.05) is 0 Å². The zero-order chi connectivity index (χ0) is 15.0. The van der Waals surface area contributed by atoms with Crippen molar-refractivity contribution in [3.05, 3.63) is 0 Å². The Balaban J connectivity index is 4.54. The zero-order valence-corrected chi connectivity index (χ0v) is 11.2. The number of thiol groups is 1. The van der Waals surface area contributed by atoms with Crippen LogP contribution in [0.4, 0.5) is 4.79 Å². The van der Waals surface area contributed by atoms with Crippen molar-refractivity contribution in [2.45, 2.75) is 25.8 Å². The van der Waals surface area contributed by atoms with Crippen LogP contribution in [0.25, 0.3) is 0 Å². The van der Waals surface area contributed by atoms with Gasteiger partial charge in [-0.2, -0.15) is 12.6 Å². The molecule has 0 aliphatic rings. The number of amides is 3. The molecule has 0 aromatic carbocycles. The van der Waals surface area contributed by atoms with E-state index in [1.54, 1.807) is 0 Å². The Morgan fingerprint density at radius 3 is 2.21 bits per heavy atom. The fourth-order valence-electron chi connectivity index (χ4n) is 1.29. The van der Waals surface area contributed by atoms with Crippen molar-refractivity contribution in [2.75, 3.05) is 12.3 Å². The highest BCUT2D eigenvalue weighted by molar-refractivity contribution is 7.80. The molecular formula is C10H16N2O6S. The Morgan fingerprint density at radius 2 is 1.84 bits per heavy atom. The fourth-order valence-corrected chi connectivity index (χ4v) is 1.61. The number of nitrogens with one attached hydrogen (secondary N) is 1. The van der Waals surface area contributed by atoms with E-state index in [4.69, 9.17) is 10.2 Å². The number of aliphatic carboxylic acids is 2. The van der Waals surface area contributed by atoms with Crippen LogP contribution in [0.5, 0.6) is 0 Å². The zero-order valence-electron chi connectivity index (χ0n) is 10.3. The summed E-state index contributed by atoms with van der Waals surface area (Å²) < 4.78 is 0. The van der Waals surface area contributed by atoms with Gasteiger partial charge in [-0.25, -0.2) is 14.5 Å². The molecule has 0 radical (unpaired) electrons. The van der Waals surface area contributed by atoms with Crippen LogP contribution in [0.1, 0.15) is 19.8 Å². The number of carboxylic acid groups (broad SMARTS) is 2. The number of hydrogen-bond donors (Lipinski definition) is 4. The molecular weight excluding hydrogens is 276 g/mol. The summed E-state index contributed by atoms with van der Waals surface area (Å²) in [5.74, 6) is -3.28. The molecule has 0 saturated carbocycles. The molecule has 9 heteroatoms. The molecule has 0 fully saturated rings. The molecule has 0 aliphatic carbocycles. The Kier molecular flexibility index (Phi) is 7.57. The van der Waals surface area contributed by atoms with Crippen molar-refractivity contribution in [1.29, 1.82) is 0 Å². The number of hydrogen-bond acceptors (Lipinski definition) is 5. The van der Waals surface area contributed by atoms with Crippen molar-refractivity contribution < 1.29 is 29.4 Å². The molecule has 3 N–H and O–H groups in total. The lowest BCUT2D eigenvalue weighted by molar-refractivity contribution is -0.146. The maximum absolute atomic E-state index is 11.7. The van der Waals surface area contributed by atoms with Crippen molar-refractivity contribution in [3.63, 3.8) is 0 Å². The van der Waals surface area contributed by atoms with Gasteiger partial charge in [-0.1, -0.05) is 0 Å². The molecule has 0 bridgehead atoms. The molecule has 0 aromatic rings. The molecule has 8 nitrogen and oxygen atoms in total. The highest BCUT2D eigenvalue weighted by Gasteiger charge is 2.31. The van der Waals surface area contributed by atoms with E-state index in [1.165, 1.54) is 0 Å². The number of carbonyl (C=O) groups is 4.